The van der Waals surface area contributed by atoms with Crippen LogP contribution in [0.2, 0.25) is 0 Å². The molecule has 1 aliphatic rings. The fourth-order valence-corrected chi connectivity index (χ4v) is 4.02. The van der Waals surface area contributed by atoms with Gasteiger partial charge in [-0.05, 0) is 50.8 Å². The minimum atomic E-state index is -0.300. The summed E-state index contributed by atoms with van der Waals surface area (Å²) < 4.78 is 13.0. The third kappa shape index (κ3) is 3.05. The van der Waals surface area contributed by atoms with E-state index < -0.39 is 0 Å². The van der Waals surface area contributed by atoms with Crippen molar-refractivity contribution in [3.8, 4) is 11.1 Å². The molecule has 1 aromatic carbocycles. The summed E-state index contributed by atoms with van der Waals surface area (Å²) >= 11 is 0. The van der Waals surface area contributed by atoms with Crippen LogP contribution in [-0.4, -0.2) is 39.6 Å². The van der Waals surface area contributed by atoms with E-state index in [4.69, 9.17) is 20.0 Å². The number of aromatic nitrogens is 3. The van der Waals surface area contributed by atoms with Gasteiger partial charge in [0.25, 0.3) is 0 Å². The molecule has 2 aromatic heterocycles. The third-order valence-corrected chi connectivity index (χ3v) is 5.58. The van der Waals surface area contributed by atoms with Gasteiger partial charge in [-0.15, -0.1) is 0 Å². The van der Waals surface area contributed by atoms with Crippen molar-refractivity contribution in [3.63, 3.8) is 0 Å². The molecule has 144 valence electrons. The van der Waals surface area contributed by atoms with E-state index in [1.807, 2.05) is 13.8 Å². The van der Waals surface area contributed by atoms with Gasteiger partial charge in [-0.3, -0.25) is 0 Å². The van der Waals surface area contributed by atoms with Crippen molar-refractivity contribution in [2.24, 2.45) is 5.73 Å². The monoisotopic (exact) mass is 370 g/mol. The number of aryl methyl sites for hydroxylation is 2. The SMILES string of the molecule is COC1CC(n2c([C@@H](N)CCO)nc3cc(-c4c(C)noc4C)ccc32)C1. The number of hydrogen-bond acceptors (Lipinski definition) is 6. The fourth-order valence-electron chi connectivity index (χ4n) is 4.02. The van der Waals surface area contributed by atoms with E-state index in [0.29, 0.717) is 12.5 Å². The molecule has 1 atom stereocenters. The second-order valence-corrected chi connectivity index (χ2v) is 7.34. The highest BCUT2D eigenvalue weighted by Crippen LogP contribution is 2.39. The highest BCUT2D eigenvalue weighted by atomic mass is 16.5. The topological polar surface area (TPSA) is 99.3 Å². The lowest BCUT2D eigenvalue weighted by molar-refractivity contribution is 0.00621. The second kappa shape index (κ2) is 7.07. The lowest BCUT2D eigenvalue weighted by atomic mass is 9.88. The Hall–Kier alpha value is -2.22. The minimum absolute atomic E-state index is 0.0417. The zero-order valence-electron chi connectivity index (χ0n) is 16.0. The summed E-state index contributed by atoms with van der Waals surface area (Å²) in [5.74, 6) is 1.62. The first kappa shape index (κ1) is 18.2. The summed E-state index contributed by atoms with van der Waals surface area (Å²) in [5, 5.41) is 13.4. The smallest absolute Gasteiger partial charge is 0.141 e. The Labute approximate surface area is 158 Å². The highest BCUT2D eigenvalue weighted by molar-refractivity contribution is 5.84. The average Bonchev–Trinajstić information content (AvgIpc) is 3.14. The van der Waals surface area contributed by atoms with Crippen molar-refractivity contribution >= 4 is 11.0 Å². The number of benzene rings is 1. The molecule has 3 aromatic rings. The standard InChI is InChI=1S/C20H26N4O3/c1-11-19(12(2)27-23-11)13-4-5-18-17(8-13)22-20(16(21)6-7-25)24(18)14-9-15(10-14)26-3/h4-5,8,14-16,25H,6-7,9-10,21H2,1-3H3/t14?,15?,16-/m0/s1. The number of aliphatic hydroxyl groups is 1. The maximum atomic E-state index is 9.33. The van der Waals surface area contributed by atoms with Gasteiger partial charge in [-0.25, -0.2) is 4.98 Å². The molecule has 1 aliphatic carbocycles. The predicted molar refractivity (Wildman–Crippen MR) is 102 cm³/mol. The van der Waals surface area contributed by atoms with Crippen molar-refractivity contribution in [1.29, 1.82) is 0 Å². The zero-order chi connectivity index (χ0) is 19.1. The van der Waals surface area contributed by atoms with Gasteiger partial charge in [0.1, 0.15) is 11.6 Å². The first-order valence-electron chi connectivity index (χ1n) is 9.37. The van der Waals surface area contributed by atoms with Gasteiger partial charge in [-0.1, -0.05) is 11.2 Å². The summed E-state index contributed by atoms with van der Waals surface area (Å²) in [7, 11) is 1.75. The number of methoxy groups -OCH3 is 1. The summed E-state index contributed by atoms with van der Waals surface area (Å²) in [6.07, 6.45) is 2.68. The number of nitrogens with zero attached hydrogens (tertiary/aromatic N) is 3. The van der Waals surface area contributed by atoms with Gasteiger partial charge >= 0.3 is 0 Å². The molecule has 0 radical (unpaired) electrons. The number of aliphatic hydroxyl groups excluding tert-OH is 1. The normalized spacial score (nSPS) is 20.8. The molecule has 27 heavy (non-hydrogen) atoms. The van der Waals surface area contributed by atoms with Crippen LogP contribution < -0.4 is 5.73 Å². The quantitative estimate of drug-likeness (QED) is 0.692. The van der Waals surface area contributed by atoms with Gasteiger partial charge in [0.05, 0.1) is 28.9 Å². The Bertz CT molecular complexity index is 936. The number of ether oxygens (including phenoxy) is 1. The zero-order valence-corrected chi connectivity index (χ0v) is 16.0. The van der Waals surface area contributed by atoms with Crippen molar-refractivity contribution < 1.29 is 14.4 Å². The molecule has 0 unspecified atom stereocenters. The molecule has 7 heteroatoms. The summed E-state index contributed by atoms with van der Waals surface area (Å²) in [4.78, 5) is 4.85. The van der Waals surface area contributed by atoms with Gasteiger partial charge in [0.15, 0.2) is 0 Å². The highest BCUT2D eigenvalue weighted by Gasteiger charge is 2.34. The van der Waals surface area contributed by atoms with E-state index in [1.165, 1.54) is 0 Å². The maximum absolute atomic E-state index is 9.33. The van der Waals surface area contributed by atoms with Crippen LogP contribution in [0.15, 0.2) is 22.7 Å². The van der Waals surface area contributed by atoms with Crippen molar-refractivity contribution in [1.82, 2.24) is 14.7 Å². The molecule has 1 saturated carbocycles. The lowest BCUT2D eigenvalue weighted by Gasteiger charge is -2.36. The molecule has 7 nitrogen and oxygen atoms in total. The molecular weight excluding hydrogens is 344 g/mol. The lowest BCUT2D eigenvalue weighted by Crippen LogP contribution is -2.34. The summed E-state index contributed by atoms with van der Waals surface area (Å²) in [6, 6.07) is 6.27. The Morgan fingerprint density at radius 3 is 2.78 bits per heavy atom. The molecule has 0 amide bonds. The number of rotatable bonds is 6. The minimum Gasteiger partial charge on any atom is -0.396 e. The third-order valence-electron chi connectivity index (χ3n) is 5.58. The molecule has 2 heterocycles. The van der Waals surface area contributed by atoms with Crippen LogP contribution in [0, 0.1) is 13.8 Å². The van der Waals surface area contributed by atoms with Gasteiger partial charge in [0, 0.05) is 25.3 Å². The van der Waals surface area contributed by atoms with E-state index in [0.717, 1.165) is 52.3 Å². The molecule has 4 rings (SSSR count). The van der Waals surface area contributed by atoms with E-state index in [9.17, 15) is 5.11 Å². The van der Waals surface area contributed by atoms with Crippen LogP contribution in [0.3, 0.4) is 0 Å². The van der Waals surface area contributed by atoms with Crippen molar-refractivity contribution in [2.75, 3.05) is 13.7 Å². The Balaban J connectivity index is 1.81. The molecular formula is C20H26N4O3. The van der Waals surface area contributed by atoms with E-state index in [1.54, 1.807) is 7.11 Å². The summed E-state index contributed by atoms with van der Waals surface area (Å²) in [5.41, 5.74) is 11.2. The van der Waals surface area contributed by atoms with Crippen LogP contribution in [0.1, 0.15) is 48.6 Å². The van der Waals surface area contributed by atoms with Crippen molar-refractivity contribution in [3.05, 3.63) is 35.5 Å². The van der Waals surface area contributed by atoms with Gasteiger partial charge < -0.3 is 24.7 Å². The molecule has 3 N–H and O–H groups in total. The second-order valence-electron chi connectivity index (χ2n) is 7.34. The summed E-state index contributed by atoms with van der Waals surface area (Å²) in [6.45, 7) is 3.90. The first-order valence-corrected chi connectivity index (χ1v) is 9.37. The van der Waals surface area contributed by atoms with Crippen molar-refractivity contribution in [2.45, 2.75) is 51.3 Å². The molecule has 0 aliphatic heterocycles. The van der Waals surface area contributed by atoms with Crippen LogP contribution in [0.25, 0.3) is 22.2 Å². The molecule has 0 spiro atoms. The first-order chi connectivity index (χ1) is 13.0. The van der Waals surface area contributed by atoms with Crippen LogP contribution in [-0.2, 0) is 4.74 Å². The van der Waals surface area contributed by atoms with Gasteiger partial charge in [-0.2, -0.15) is 0 Å². The van der Waals surface area contributed by atoms with E-state index in [-0.39, 0.29) is 18.8 Å². The maximum Gasteiger partial charge on any atom is 0.141 e. The molecule has 0 saturated heterocycles. The number of nitrogens with two attached hydrogens (primary N) is 1. The fraction of sp³-hybridized carbons (Fsp3) is 0.500. The Kier molecular flexibility index (Phi) is 4.75. The molecule has 0 bridgehead atoms. The van der Waals surface area contributed by atoms with E-state index >= 15 is 0 Å². The number of imidazole rings is 1. The number of hydrogen-bond donors (Lipinski definition) is 2. The molecule has 1 fully saturated rings. The largest absolute Gasteiger partial charge is 0.396 e. The number of fused-ring (bicyclic) bond motifs is 1. The van der Waals surface area contributed by atoms with E-state index in [2.05, 4.69) is 27.9 Å². The van der Waals surface area contributed by atoms with Crippen LogP contribution >= 0.6 is 0 Å². The average molecular weight is 370 g/mol. The Morgan fingerprint density at radius 1 is 1.37 bits per heavy atom. The predicted octanol–water partition coefficient (Wildman–Crippen LogP) is 3.04. The van der Waals surface area contributed by atoms with Crippen LogP contribution in [0.4, 0.5) is 0 Å². The van der Waals surface area contributed by atoms with Gasteiger partial charge in [0.2, 0.25) is 0 Å². The van der Waals surface area contributed by atoms with Crippen LogP contribution in [0.5, 0.6) is 0 Å². The Morgan fingerprint density at radius 2 is 2.15 bits per heavy atom.